The number of nitro groups is 1. The van der Waals surface area contributed by atoms with E-state index in [0.717, 1.165) is 0 Å². The molecule has 0 aromatic heterocycles. The van der Waals surface area contributed by atoms with Gasteiger partial charge in [-0.2, -0.15) is 0 Å². The minimum atomic E-state index is -0.536. The Kier molecular flexibility index (Phi) is 5.66. The van der Waals surface area contributed by atoms with Crippen LogP contribution >= 0.6 is 0 Å². The summed E-state index contributed by atoms with van der Waals surface area (Å²) in [5, 5.41) is 10.6. The predicted molar refractivity (Wildman–Crippen MR) is 67.7 cm³/mol. The van der Waals surface area contributed by atoms with Gasteiger partial charge >= 0.3 is 5.97 Å². The minimum Gasteiger partial charge on any atom is -0.466 e. The Morgan fingerprint density at radius 2 is 2.11 bits per heavy atom. The molecular formula is C13H15NO5. The molecule has 0 amide bonds. The zero-order valence-corrected chi connectivity index (χ0v) is 10.6. The lowest BCUT2D eigenvalue weighted by Crippen LogP contribution is -2.11. The monoisotopic (exact) mass is 265 g/mol. The van der Waals surface area contributed by atoms with Crippen LogP contribution in [-0.2, 0) is 20.7 Å². The number of ketones is 1. The Morgan fingerprint density at radius 3 is 2.74 bits per heavy atom. The van der Waals surface area contributed by atoms with E-state index in [0.29, 0.717) is 12.0 Å². The number of rotatable bonds is 7. The molecule has 6 nitrogen and oxygen atoms in total. The smallest absolute Gasteiger partial charge is 0.313 e. The van der Waals surface area contributed by atoms with Crippen molar-refractivity contribution in [1.82, 2.24) is 0 Å². The summed E-state index contributed by atoms with van der Waals surface area (Å²) in [7, 11) is 0. The molecule has 19 heavy (non-hydrogen) atoms. The van der Waals surface area contributed by atoms with Gasteiger partial charge in [0.15, 0.2) is 0 Å². The highest BCUT2D eigenvalue weighted by Crippen LogP contribution is 2.14. The van der Waals surface area contributed by atoms with Crippen molar-refractivity contribution in [3.8, 4) is 0 Å². The summed E-state index contributed by atoms with van der Waals surface area (Å²) in [6, 6.07) is 6.11. The van der Waals surface area contributed by atoms with Gasteiger partial charge in [-0.15, -0.1) is 0 Å². The van der Waals surface area contributed by atoms with Crippen molar-refractivity contribution in [2.75, 3.05) is 6.61 Å². The molecule has 0 aliphatic carbocycles. The van der Waals surface area contributed by atoms with Crippen molar-refractivity contribution < 1.29 is 19.2 Å². The Hall–Kier alpha value is -2.24. The number of benzene rings is 1. The van der Waals surface area contributed by atoms with E-state index in [2.05, 4.69) is 4.74 Å². The van der Waals surface area contributed by atoms with Crippen LogP contribution in [0.2, 0.25) is 0 Å². The van der Waals surface area contributed by atoms with Gasteiger partial charge in [-0.1, -0.05) is 12.1 Å². The molecular weight excluding hydrogens is 250 g/mol. The third-order valence-corrected chi connectivity index (χ3v) is 2.46. The third-order valence-electron chi connectivity index (χ3n) is 2.46. The number of esters is 1. The van der Waals surface area contributed by atoms with Crippen LogP contribution in [0.3, 0.4) is 0 Å². The summed E-state index contributed by atoms with van der Waals surface area (Å²) in [6.45, 7) is 1.92. The molecule has 0 radical (unpaired) electrons. The second kappa shape index (κ2) is 7.25. The molecule has 0 fully saturated rings. The van der Waals surface area contributed by atoms with Crippen molar-refractivity contribution in [2.24, 2.45) is 0 Å². The van der Waals surface area contributed by atoms with Gasteiger partial charge in [0.25, 0.3) is 5.69 Å². The largest absolute Gasteiger partial charge is 0.466 e. The van der Waals surface area contributed by atoms with E-state index in [1.807, 2.05) is 0 Å². The number of carbonyl (C=O) groups excluding carboxylic acids is 2. The maximum atomic E-state index is 11.5. The lowest BCUT2D eigenvalue weighted by molar-refractivity contribution is -0.384. The summed E-state index contributed by atoms with van der Waals surface area (Å²) in [4.78, 5) is 32.7. The zero-order valence-electron chi connectivity index (χ0n) is 10.6. The third kappa shape index (κ3) is 5.29. The fraction of sp³-hybridized carbons (Fsp3) is 0.385. The first-order chi connectivity index (χ1) is 9.02. The fourth-order valence-corrected chi connectivity index (χ4v) is 1.57. The molecule has 0 saturated carbocycles. The molecule has 0 spiro atoms. The van der Waals surface area contributed by atoms with E-state index in [4.69, 9.17) is 0 Å². The predicted octanol–water partition coefficient (Wildman–Crippen LogP) is 2.05. The van der Waals surface area contributed by atoms with Crippen molar-refractivity contribution in [1.29, 1.82) is 0 Å². The van der Waals surface area contributed by atoms with Gasteiger partial charge in [-0.25, -0.2) is 0 Å². The molecule has 0 aliphatic heterocycles. The van der Waals surface area contributed by atoms with Crippen molar-refractivity contribution in [2.45, 2.75) is 26.2 Å². The second-order valence-corrected chi connectivity index (χ2v) is 3.95. The van der Waals surface area contributed by atoms with Gasteiger partial charge in [0.2, 0.25) is 0 Å². The Labute approximate surface area is 110 Å². The van der Waals surface area contributed by atoms with Crippen LogP contribution in [0.5, 0.6) is 0 Å². The van der Waals surface area contributed by atoms with Gasteiger partial charge < -0.3 is 4.74 Å². The highest BCUT2D eigenvalue weighted by Gasteiger charge is 2.11. The van der Waals surface area contributed by atoms with Crippen LogP contribution in [0.4, 0.5) is 5.69 Å². The Balaban J connectivity index is 2.48. The first-order valence-corrected chi connectivity index (χ1v) is 5.93. The van der Waals surface area contributed by atoms with E-state index >= 15 is 0 Å². The number of hydrogen-bond acceptors (Lipinski definition) is 5. The summed E-state index contributed by atoms with van der Waals surface area (Å²) in [5.74, 6) is -0.767. The summed E-state index contributed by atoms with van der Waals surface area (Å²) in [5.41, 5.74) is 0.696. The number of Topliss-reactive ketones (excluding diaryl/α,β-unsaturated/α-hetero) is 1. The van der Waals surface area contributed by atoms with E-state index in [1.165, 1.54) is 12.1 Å². The van der Waals surface area contributed by atoms with Gasteiger partial charge in [0.05, 0.1) is 11.5 Å². The average Bonchev–Trinajstić information content (AvgIpc) is 2.37. The Bertz CT molecular complexity index is 484. The number of hydrogen-bond donors (Lipinski definition) is 0. The van der Waals surface area contributed by atoms with Crippen LogP contribution in [0, 0.1) is 10.1 Å². The first kappa shape index (κ1) is 14.8. The number of aryl methyl sites for hydroxylation is 1. The fourth-order valence-electron chi connectivity index (χ4n) is 1.57. The summed E-state index contributed by atoms with van der Waals surface area (Å²) >= 11 is 0. The van der Waals surface area contributed by atoms with Gasteiger partial charge in [0, 0.05) is 18.6 Å². The van der Waals surface area contributed by atoms with E-state index in [1.54, 1.807) is 19.1 Å². The van der Waals surface area contributed by atoms with Crippen molar-refractivity contribution in [3.05, 3.63) is 39.9 Å². The van der Waals surface area contributed by atoms with Crippen LogP contribution in [-0.4, -0.2) is 23.3 Å². The van der Waals surface area contributed by atoms with E-state index in [-0.39, 0.29) is 30.9 Å². The molecule has 0 bridgehead atoms. The second-order valence-electron chi connectivity index (χ2n) is 3.95. The topological polar surface area (TPSA) is 86.5 Å². The van der Waals surface area contributed by atoms with Gasteiger partial charge in [-0.05, 0) is 18.9 Å². The maximum absolute atomic E-state index is 11.5. The van der Waals surface area contributed by atoms with Crippen molar-refractivity contribution >= 4 is 17.4 Å². The molecule has 6 heteroatoms. The summed E-state index contributed by atoms with van der Waals surface area (Å²) in [6.07, 6.45) is 0.294. The standard InChI is InChI=1S/C13H15NO5/c1-2-19-13(16)9-12(15)7-6-10-4-3-5-11(8-10)14(17)18/h3-5,8H,2,6-7,9H2,1H3. The minimum absolute atomic E-state index is 0.00431. The molecule has 0 unspecified atom stereocenters. The van der Waals surface area contributed by atoms with Crippen molar-refractivity contribution in [3.63, 3.8) is 0 Å². The quantitative estimate of drug-likeness (QED) is 0.326. The number of ether oxygens (including phenoxy) is 1. The molecule has 1 rings (SSSR count). The van der Waals surface area contributed by atoms with E-state index in [9.17, 15) is 19.7 Å². The molecule has 1 aromatic rings. The van der Waals surface area contributed by atoms with Crippen LogP contribution in [0.15, 0.2) is 24.3 Å². The number of carbonyl (C=O) groups is 2. The lowest BCUT2D eigenvalue weighted by atomic mass is 10.1. The summed E-state index contributed by atoms with van der Waals surface area (Å²) < 4.78 is 4.67. The number of nitro benzene ring substituents is 1. The Morgan fingerprint density at radius 1 is 1.37 bits per heavy atom. The zero-order chi connectivity index (χ0) is 14.3. The van der Waals surface area contributed by atoms with Gasteiger partial charge in [0.1, 0.15) is 12.2 Å². The lowest BCUT2D eigenvalue weighted by Gasteiger charge is -2.02. The first-order valence-electron chi connectivity index (χ1n) is 5.93. The van der Waals surface area contributed by atoms with Crippen LogP contribution < -0.4 is 0 Å². The molecule has 0 aliphatic rings. The molecule has 0 atom stereocenters. The molecule has 0 saturated heterocycles. The maximum Gasteiger partial charge on any atom is 0.313 e. The van der Waals surface area contributed by atoms with Crippen LogP contribution in [0.1, 0.15) is 25.3 Å². The molecule has 102 valence electrons. The highest BCUT2D eigenvalue weighted by atomic mass is 16.6. The van der Waals surface area contributed by atoms with Gasteiger partial charge in [-0.3, -0.25) is 19.7 Å². The highest BCUT2D eigenvalue weighted by molar-refractivity contribution is 5.95. The molecule has 1 aromatic carbocycles. The normalized spacial score (nSPS) is 9.95. The molecule has 0 N–H and O–H groups in total. The SMILES string of the molecule is CCOC(=O)CC(=O)CCc1cccc([N+](=O)[O-])c1. The molecule has 0 heterocycles. The average molecular weight is 265 g/mol. The number of nitrogens with zero attached hydrogens (tertiary/aromatic N) is 1. The van der Waals surface area contributed by atoms with Crippen LogP contribution in [0.25, 0.3) is 0 Å². The van der Waals surface area contributed by atoms with E-state index < -0.39 is 10.9 Å². The number of non-ortho nitro benzene ring substituents is 1.